The van der Waals surface area contributed by atoms with Gasteiger partial charge in [0.25, 0.3) is 0 Å². The molecule has 0 radical (unpaired) electrons. The number of hydrogen-bond donors (Lipinski definition) is 1. The molecule has 72 valence electrons. The summed E-state index contributed by atoms with van der Waals surface area (Å²) < 4.78 is 0. The molecule has 0 spiro atoms. The van der Waals surface area contributed by atoms with Gasteiger partial charge in [-0.2, -0.15) is 0 Å². The first-order valence-corrected chi connectivity index (χ1v) is 4.94. The van der Waals surface area contributed by atoms with E-state index in [0.29, 0.717) is 12.5 Å². The number of amides is 1. The molecule has 0 unspecified atom stereocenters. The molecule has 1 aliphatic heterocycles. The van der Waals surface area contributed by atoms with E-state index in [9.17, 15) is 4.79 Å². The van der Waals surface area contributed by atoms with E-state index in [1.165, 1.54) is 23.3 Å². The first kappa shape index (κ1) is 8.60. The number of nitrogens with zero attached hydrogens (tertiary/aromatic N) is 1. The van der Waals surface area contributed by atoms with Gasteiger partial charge < -0.3 is 10.0 Å². The maximum Gasteiger partial charge on any atom is 0.407 e. The van der Waals surface area contributed by atoms with Gasteiger partial charge in [-0.05, 0) is 31.6 Å². The van der Waals surface area contributed by atoms with E-state index in [1.54, 1.807) is 0 Å². The van der Waals surface area contributed by atoms with E-state index < -0.39 is 6.09 Å². The number of fused-ring (bicyclic) bond motifs is 1. The standard InChI is InChI=1S/C10H15NO2/c12-10(13)11-6-5-8-3-1-2-4-9(8)7-11/h4,8H,1-3,5-7H2,(H,12,13)/t8-/m1/s1. The van der Waals surface area contributed by atoms with Crippen molar-refractivity contribution in [3.63, 3.8) is 0 Å². The van der Waals surface area contributed by atoms with Gasteiger partial charge in [-0.1, -0.05) is 11.6 Å². The van der Waals surface area contributed by atoms with Gasteiger partial charge in [-0.3, -0.25) is 0 Å². The lowest BCUT2D eigenvalue weighted by atomic mass is 9.83. The Hall–Kier alpha value is -0.990. The second kappa shape index (κ2) is 3.40. The van der Waals surface area contributed by atoms with Crippen molar-refractivity contribution in [1.82, 2.24) is 4.90 Å². The molecule has 3 heteroatoms. The summed E-state index contributed by atoms with van der Waals surface area (Å²) >= 11 is 0. The van der Waals surface area contributed by atoms with E-state index in [-0.39, 0.29) is 0 Å². The second-order valence-corrected chi connectivity index (χ2v) is 3.90. The minimum Gasteiger partial charge on any atom is -0.465 e. The molecule has 13 heavy (non-hydrogen) atoms. The molecule has 0 aromatic heterocycles. The Balaban J connectivity index is 2.06. The molecule has 2 aliphatic rings. The predicted molar refractivity (Wildman–Crippen MR) is 49.6 cm³/mol. The molecule has 1 fully saturated rings. The van der Waals surface area contributed by atoms with E-state index >= 15 is 0 Å². The van der Waals surface area contributed by atoms with Crippen molar-refractivity contribution in [2.45, 2.75) is 25.7 Å². The fourth-order valence-electron chi connectivity index (χ4n) is 2.30. The molecule has 0 aromatic carbocycles. The summed E-state index contributed by atoms with van der Waals surface area (Å²) in [5.74, 6) is 0.685. The van der Waals surface area contributed by atoms with E-state index in [1.807, 2.05) is 0 Å². The van der Waals surface area contributed by atoms with Crippen molar-refractivity contribution < 1.29 is 9.90 Å². The van der Waals surface area contributed by atoms with Crippen molar-refractivity contribution in [1.29, 1.82) is 0 Å². The maximum atomic E-state index is 10.7. The predicted octanol–water partition coefficient (Wildman–Crippen LogP) is 2.10. The fraction of sp³-hybridized carbons (Fsp3) is 0.700. The average Bonchev–Trinajstić information content (AvgIpc) is 2.17. The van der Waals surface area contributed by atoms with Crippen LogP contribution < -0.4 is 0 Å². The number of allylic oxidation sites excluding steroid dienone is 1. The SMILES string of the molecule is O=C(O)N1CC[C@H]2CCCC=C2C1. The smallest absolute Gasteiger partial charge is 0.407 e. The Bertz CT molecular complexity index is 247. The topological polar surface area (TPSA) is 40.5 Å². The average molecular weight is 181 g/mol. The zero-order valence-electron chi connectivity index (χ0n) is 7.70. The van der Waals surface area contributed by atoms with Gasteiger partial charge in [0, 0.05) is 13.1 Å². The third kappa shape index (κ3) is 1.69. The molecule has 2 rings (SSSR count). The van der Waals surface area contributed by atoms with Gasteiger partial charge in [0.1, 0.15) is 0 Å². The summed E-state index contributed by atoms with van der Waals surface area (Å²) in [4.78, 5) is 12.2. The van der Waals surface area contributed by atoms with Crippen LogP contribution in [0, 0.1) is 5.92 Å². The van der Waals surface area contributed by atoms with Gasteiger partial charge in [0.05, 0.1) is 0 Å². The number of hydrogen-bond acceptors (Lipinski definition) is 1. The maximum absolute atomic E-state index is 10.7. The van der Waals surface area contributed by atoms with Gasteiger partial charge in [0.15, 0.2) is 0 Å². The van der Waals surface area contributed by atoms with Crippen molar-refractivity contribution in [2.24, 2.45) is 5.92 Å². The lowest BCUT2D eigenvalue weighted by Crippen LogP contribution is -2.39. The molecule has 3 nitrogen and oxygen atoms in total. The first-order chi connectivity index (χ1) is 6.27. The van der Waals surface area contributed by atoms with Crippen molar-refractivity contribution in [3.8, 4) is 0 Å². The first-order valence-electron chi connectivity index (χ1n) is 4.94. The van der Waals surface area contributed by atoms with Crippen LogP contribution >= 0.6 is 0 Å². The van der Waals surface area contributed by atoms with E-state index in [2.05, 4.69) is 6.08 Å². The molecular formula is C10H15NO2. The van der Waals surface area contributed by atoms with Crippen LogP contribution in [0.4, 0.5) is 4.79 Å². The molecule has 1 atom stereocenters. The lowest BCUT2D eigenvalue weighted by Gasteiger charge is -2.34. The summed E-state index contributed by atoms with van der Waals surface area (Å²) in [6.07, 6.45) is 6.17. The Morgan fingerprint density at radius 3 is 3.15 bits per heavy atom. The van der Waals surface area contributed by atoms with Crippen LogP contribution in [0.5, 0.6) is 0 Å². The molecule has 0 aromatic rings. The van der Waals surface area contributed by atoms with E-state index in [4.69, 9.17) is 5.11 Å². The van der Waals surface area contributed by atoms with Crippen LogP contribution in [0.25, 0.3) is 0 Å². The quantitative estimate of drug-likeness (QED) is 0.581. The minimum atomic E-state index is -0.773. The highest BCUT2D eigenvalue weighted by Crippen LogP contribution is 2.31. The fourth-order valence-corrected chi connectivity index (χ4v) is 2.30. The number of carboxylic acid groups (broad SMARTS) is 1. The molecule has 1 N–H and O–H groups in total. The van der Waals surface area contributed by atoms with Gasteiger partial charge in [0.2, 0.25) is 0 Å². The zero-order chi connectivity index (χ0) is 9.26. The third-order valence-corrected chi connectivity index (χ3v) is 3.08. The van der Waals surface area contributed by atoms with Crippen LogP contribution in [-0.2, 0) is 0 Å². The van der Waals surface area contributed by atoms with Crippen LogP contribution in [-0.4, -0.2) is 29.2 Å². The minimum absolute atomic E-state index is 0.653. The lowest BCUT2D eigenvalue weighted by molar-refractivity contribution is 0.136. The third-order valence-electron chi connectivity index (χ3n) is 3.08. The highest BCUT2D eigenvalue weighted by atomic mass is 16.4. The van der Waals surface area contributed by atoms with Gasteiger partial charge in [-0.25, -0.2) is 4.79 Å². The Labute approximate surface area is 78.0 Å². The molecule has 1 saturated heterocycles. The number of likely N-dealkylation sites (tertiary alicyclic amines) is 1. The summed E-state index contributed by atoms with van der Waals surface area (Å²) in [5.41, 5.74) is 1.36. The molecular weight excluding hydrogens is 166 g/mol. The molecule has 1 amide bonds. The van der Waals surface area contributed by atoms with Crippen LogP contribution in [0.1, 0.15) is 25.7 Å². The molecule has 0 saturated carbocycles. The summed E-state index contributed by atoms with van der Waals surface area (Å²) in [5, 5.41) is 8.83. The molecule has 1 heterocycles. The highest BCUT2D eigenvalue weighted by Gasteiger charge is 2.27. The van der Waals surface area contributed by atoms with Crippen LogP contribution in [0.2, 0.25) is 0 Å². The van der Waals surface area contributed by atoms with E-state index in [0.717, 1.165) is 19.4 Å². The Morgan fingerprint density at radius 1 is 1.54 bits per heavy atom. The normalized spacial score (nSPS) is 27.8. The van der Waals surface area contributed by atoms with Crippen LogP contribution in [0.15, 0.2) is 11.6 Å². The largest absolute Gasteiger partial charge is 0.465 e. The second-order valence-electron chi connectivity index (χ2n) is 3.90. The Kier molecular flexibility index (Phi) is 2.25. The summed E-state index contributed by atoms with van der Waals surface area (Å²) in [7, 11) is 0. The van der Waals surface area contributed by atoms with Gasteiger partial charge in [-0.15, -0.1) is 0 Å². The summed E-state index contributed by atoms with van der Waals surface area (Å²) in [6, 6.07) is 0. The van der Waals surface area contributed by atoms with Crippen molar-refractivity contribution in [3.05, 3.63) is 11.6 Å². The van der Waals surface area contributed by atoms with Crippen molar-refractivity contribution >= 4 is 6.09 Å². The number of piperidine rings is 1. The summed E-state index contributed by atoms with van der Waals surface area (Å²) in [6.45, 7) is 1.37. The number of rotatable bonds is 0. The Morgan fingerprint density at radius 2 is 2.38 bits per heavy atom. The van der Waals surface area contributed by atoms with Crippen molar-refractivity contribution in [2.75, 3.05) is 13.1 Å². The zero-order valence-corrected chi connectivity index (χ0v) is 7.70. The highest BCUT2D eigenvalue weighted by molar-refractivity contribution is 5.65. The monoisotopic (exact) mass is 181 g/mol. The molecule has 0 bridgehead atoms. The van der Waals surface area contributed by atoms with Crippen LogP contribution in [0.3, 0.4) is 0 Å². The molecule has 1 aliphatic carbocycles. The van der Waals surface area contributed by atoms with Gasteiger partial charge >= 0.3 is 6.09 Å². The number of carbonyl (C=O) groups is 1.